The van der Waals surface area contributed by atoms with Crippen molar-refractivity contribution in [2.45, 2.75) is 82.8 Å². The highest BCUT2D eigenvalue weighted by molar-refractivity contribution is 5.79. The summed E-state index contributed by atoms with van der Waals surface area (Å²) in [5.74, 6) is 2.13. The summed E-state index contributed by atoms with van der Waals surface area (Å²) in [5, 5.41) is 13.1. The van der Waals surface area contributed by atoms with E-state index in [2.05, 4.69) is 5.32 Å². The quantitative estimate of drug-likeness (QED) is 0.816. The number of amides is 1. The van der Waals surface area contributed by atoms with E-state index in [0.717, 1.165) is 50.4 Å². The second-order valence-electron chi connectivity index (χ2n) is 7.28. The fourth-order valence-electron chi connectivity index (χ4n) is 4.69. The van der Waals surface area contributed by atoms with Crippen molar-refractivity contribution < 1.29 is 9.90 Å². The summed E-state index contributed by atoms with van der Waals surface area (Å²) >= 11 is 0. The van der Waals surface area contributed by atoms with Crippen LogP contribution in [0.3, 0.4) is 0 Å². The van der Waals surface area contributed by atoms with Gasteiger partial charge in [0.25, 0.3) is 0 Å². The topological polar surface area (TPSA) is 49.3 Å². The first-order chi connectivity index (χ1) is 9.74. The first-order valence-corrected chi connectivity index (χ1v) is 8.72. The number of rotatable bonds is 2. The van der Waals surface area contributed by atoms with Crippen molar-refractivity contribution in [2.24, 2.45) is 17.8 Å². The van der Waals surface area contributed by atoms with Crippen LogP contribution in [0.25, 0.3) is 0 Å². The molecule has 5 atom stereocenters. The van der Waals surface area contributed by atoms with E-state index in [-0.39, 0.29) is 24.0 Å². The van der Waals surface area contributed by atoms with Crippen LogP contribution < -0.4 is 5.32 Å². The average Bonchev–Trinajstić information content (AvgIpc) is 2.49. The molecule has 2 N–H and O–H groups in total. The molecule has 0 bridgehead atoms. The molecular weight excluding hydrogens is 250 g/mol. The molecular formula is C17H29NO2. The van der Waals surface area contributed by atoms with Crippen LogP contribution in [0.5, 0.6) is 0 Å². The van der Waals surface area contributed by atoms with Gasteiger partial charge in [0.05, 0.1) is 12.1 Å². The maximum absolute atomic E-state index is 12.5. The number of carbonyl (C=O) groups is 1. The number of aliphatic hydroxyl groups excluding tert-OH is 1. The highest BCUT2D eigenvalue weighted by Crippen LogP contribution is 2.42. The number of nitrogens with one attached hydrogen (secondary N) is 1. The van der Waals surface area contributed by atoms with Crippen molar-refractivity contribution in [2.75, 3.05) is 0 Å². The molecule has 3 heteroatoms. The Labute approximate surface area is 122 Å². The van der Waals surface area contributed by atoms with Crippen LogP contribution in [0.2, 0.25) is 0 Å². The predicted molar refractivity (Wildman–Crippen MR) is 79.2 cm³/mol. The van der Waals surface area contributed by atoms with Crippen molar-refractivity contribution in [1.29, 1.82) is 0 Å². The third-order valence-electron chi connectivity index (χ3n) is 5.97. The number of carbonyl (C=O) groups excluding carboxylic acids is 1. The lowest BCUT2D eigenvalue weighted by molar-refractivity contribution is -0.129. The Morgan fingerprint density at radius 3 is 2.35 bits per heavy atom. The van der Waals surface area contributed by atoms with E-state index < -0.39 is 0 Å². The number of aliphatic hydroxyl groups is 1. The second-order valence-corrected chi connectivity index (χ2v) is 7.28. The lowest BCUT2D eigenvalue weighted by Crippen LogP contribution is -2.48. The van der Waals surface area contributed by atoms with E-state index in [4.69, 9.17) is 0 Å². The average molecular weight is 279 g/mol. The van der Waals surface area contributed by atoms with Gasteiger partial charge in [0.15, 0.2) is 0 Å². The first kappa shape index (κ1) is 14.4. The van der Waals surface area contributed by atoms with Gasteiger partial charge >= 0.3 is 0 Å². The Hall–Kier alpha value is -0.570. The lowest BCUT2D eigenvalue weighted by atomic mass is 9.67. The Morgan fingerprint density at radius 2 is 1.55 bits per heavy atom. The molecule has 0 aromatic rings. The number of hydrogen-bond acceptors (Lipinski definition) is 2. The molecule has 3 unspecified atom stereocenters. The zero-order valence-electron chi connectivity index (χ0n) is 12.5. The second kappa shape index (κ2) is 6.46. The smallest absolute Gasteiger partial charge is 0.223 e. The number of hydrogen-bond donors (Lipinski definition) is 2. The zero-order chi connectivity index (χ0) is 13.9. The van der Waals surface area contributed by atoms with Gasteiger partial charge in [0, 0.05) is 5.92 Å². The van der Waals surface area contributed by atoms with Gasteiger partial charge in [-0.15, -0.1) is 0 Å². The van der Waals surface area contributed by atoms with E-state index in [0.29, 0.717) is 0 Å². The van der Waals surface area contributed by atoms with Crippen molar-refractivity contribution in [3.63, 3.8) is 0 Å². The molecule has 0 radical (unpaired) electrons. The third-order valence-corrected chi connectivity index (χ3v) is 5.97. The Morgan fingerprint density at radius 1 is 0.850 bits per heavy atom. The van der Waals surface area contributed by atoms with Crippen LogP contribution in [0.4, 0.5) is 0 Å². The van der Waals surface area contributed by atoms with Gasteiger partial charge < -0.3 is 10.4 Å². The molecule has 20 heavy (non-hydrogen) atoms. The summed E-state index contributed by atoms with van der Waals surface area (Å²) in [6.07, 6.45) is 12.6. The fourth-order valence-corrected chi connectivity index (χ4v) is 4.69. The monoisotopic (exact) mass is 279 g/mol. The molecule has 0 saturated heterocycles. The van der Waals surface area contributed by atoms with Gasteiger partial charge in [-0.2, -0.15) is 0 Å². The lowest BCUT2D eigenvalue weighted by Gasteiger charge is -2.39. The van der Waals surface area contributed by atoms with Crippen molar-refractivity contribution in [3.05, 3.63) is 0 Å². The molecule has 0 spiro atoms. The van der Waals surface area contributed by atoms with Crippen LogP contribution in [-0.4, -0.2) is 23.2 Å². The van der Waals surface area contributed by atoms with Crippen molar-refractivity contribution in [1.82, 2.24) is 5.32 Å². The maximum atomic E-state index is 12.5. The SMILES string of the molecule is O=C(N[C@H]1CCCC[C@@H]1O)C1CCC2CCCCC2C1. The van der Waals surface area contributed by atoms with Gasteiger partial charge in [0.1, 0.15) is 0 Å². The molecule has 0 aromatic heterocycles. The van der Waals surface area contributed by atoms with Crippen LogP contribution in [0.15, 0.2) is 0 Å². The minimum absolute atomic E-state index is 0.0142. The molecule has 0 heterocycles. The third kappa shape index (κ3) is 3.19. The predicted octanol–water partition coefficient (Wildman–Crippen LogP) is 3.01. The van der Waals surface area contributed by atoms with E-state index in [1.165, 1.54) is 32.1 Å². The van der Waals surface area contributed by atoms with Crippen LogP contribution in [-0.2, 0) is 4.79 Å². The van der Waals surface area contributed by atoms with E-state index in [1.54, 1.807) is 0 Å². The molecule has 114 valence electrons. The maximum Gasteiger partial charge on any atom is 0.223 e. The van der Waals surface area contributed by atoms with Gasteiger partial charge in [-0.25, -0.2) is 0 Å². The Kier molecular flexibility index (Phi) is 4.65. The highest BCUT2D eigenvalue weighted by Gasteiger charge is 2.36. The van der Waals surface area contributed by atoms with Gasteiger partial charge in [-0.05, 0) is 43.9 Å². The van der Waals surface area contributed by atoms with Crippen LogP contribution in [0, 0.1) is 17.8 Å². The van der Waals surface area contributed by atoms with Gasteiger partial charge in [-0.1, -0.05) is 38.5 Å². The fraction of sp³-hybridized carbons (Fsp3) is 0.941. The minimum atomic E-state index is -0.321. The molecule has 0 aliphatic heterocycles. The van der Waals surface area contributed by atoms with E-state index >= 15 is 0 Å². The van der Waals surface area contributed by atoms with E-state index in [1.807, 2.05) is 0 Å². The van der Waals surface area contributed by atoms with Crippen LogP contribution >= 0.6 is 0 Å². The van der Waals surface area contributed by atoms with Crippen molar-refractivity contribution in [3.8, 4) is 0 Å². The molecule has 0 aromatic carbocycles. The van der Waals surface area contributed by atoms with Gasteiger partial charge in [0.2, 0.25) is 5.91 Å². The standard InChI is InChI=1S/C17H29NO2/c19-16-8-4-3-7-15(16)18-17(20)14-10-9-12-5-1-2-6-13(12)11-14/h12-16,19H,1-11H2,(H,18,20)/t12?,13?,14?,15-,16-/m0/s1. The zero-order valence-corrected chi connectivity index (χ0v) is 12.5. The Bertz CT molecular complexity index is 344. The summed E-state index contributed by atoms with van der Waals surface area (Å²) in [6.45, 7) is 0. The summed E-state index contributed by atoms with van der Waals surface area (Å²) in [4.78, 5) is 12.5. The summed E-state index contributed by atoms with van der Waals surface area (Å²) < 4.78 is 0. The summed E-state index contributed by atoms with van der Waals surface area (Å²) in [6, 6.07) is 0.0142. The van der Waals surface area contributed by atoms with E-state index in [9.17, 15) is 9.90 Å². The minimum Gasteiger partial charge on any atom is -0.391 e. The number of fused-ring (bicyclic) bond motifs is 1. The van der Waals surface area contributed by atoms with Gasteiger partial charge in [-0.3, -0.25) is 4.79 Å². The molecule has 3 aliphatic rings. The largest absolute Gasteiger partial charge is 0.391 e. The molecule has 3 fully saturated rings. The summed E-state index contributed by atoms with van der Waals surface area (Å²) in [7, 11) is 0. The molecule has 3 saturated carbocycles. The first-order valence-electron chi connectivity index (χ1n) is 8.72. The normalized spacial score (nSPS) is 41.8. The summed E-state index contributed by atoms with van der Waals surface area (Å²) in [5.41, 5.74) is 0. The molecule has 3 rings (SSSR count). The van der Waals surface area contributed by atoms with Crippen molar-refractivity contribution >= 4 is 5.91 Å². The Balaban J connectivity index is 1.52. The molecule has 1 amide bonds. The van der Waals surface area contributed by atoms with Crippen LogP contribution in [0.1, 0.15) is 70.6 Å². The molecule has 3 aliphatic carbocycles. The highest BCUT2D eigenvalue weighted by atomic mass is 16.3. The molecule has 3 nitrogen and oxygen atoms in total.